The van der Waals surface area contributed by atoms with Crippen LogP contribution in [0.2, 0.25) is 0 Å². The Morgan fingerprint density at radius 1 is 1.17 bits per heavy atom. The second-order valence-electron chi connectivity index (χ2n) is 7.31. The van der Waals surface area contributed by atoms with Crippen LogP contribution < -0.4 is 10.6 Å². The average molecular weight is 528 g/mol. The number of hydrogen-bond acceptors (Lipinski definition) is 4. The molecule has 3 rings (SSSR count). The van der Waals surface area contributed by atoms with Gasteiger partial charge in [-0.05, 0) is 52.3 Å². The third kappa shape index (κ3) is 7.22. The molecule has 0 amide bonds. The van der Waals surface area contributed by atoms with E-state index in [1.165, 1.54) is 36.4 Å². The van der Waals surface area contributed by atoms with E-state index in [9.17, 15) is 0 Å². The molecule has 0 radical (unpaired) electrons. The molecule has 2 N–H and O–H groups in total. The molecule has 1 unspecified atom stereocenters. The largest absolute Gasteiger partial charge is 0.357 e. The van der Waals surface area contributed by atoms with Crippen molar-refractivity contribution in [3.63, 3.8) is 0 Å². The fourth-order valence-electron chi connectivity index (χ4n) is 3.78. The highest BCUT2D eigenvalue weighted by atomic mass is 127. The van der Waals surface area contributed by atoms with Crippen molar-refractivity contribution in [1.29, 1.82) is 0 Å². The van der Waals surface area contributed by atoms with Gasteiger partial charge in [0, 0.05) is 24.4 Å². The van der Waals surface area contributed by atoms with E-state index in [1.807, 2.05) is 0 Å². The first-order chi connectivity index (χ1) is 13.7. The molecule has 1 aliphatic heterocycles. The van der Waals surface area contributed by atoms with E-state index < -0.39 is 0 Å². The van der Waals surface area contributed by atoms with Crippen LogP contribution >= 0.6 is 35.3 Å². The van der Waals surface area contributed by atoms with Crippen LogP contribution in [0.4, 0.5) is 0 Å². The highest BCUT2D eigenvalue weighted by Crippen LogP contribution is 2.25. The van der Waals surface area contributed by atoms with E-state index in [4.69, 9.17) is 4.99 Å². The van der Waals surface area contributed by atoms with Gasteiger partial charge in [0.15, 0.2) is 5.96 Å². The van der Waals surface area contributed by atoms with Gasteiger partial charge in [-0.1, -0.05) is 30.3 Å². The molecule has 1 aromatic heterocycles. The van der Waals surface area contributed by atoms with Gasteiger partial charge in [-0.3, -0.25) is 9.89 Å². The summed E-state index contributed by atoms with van der Waals surface area (Å²) >= 11 is 1.79. The normalized spacial score (nSPS) is 15.8. The summed E-state index contributed by atoms with van der Waals surface area (Å²) in [5.41, 5.74) is 2.52. The summed E-state index contributed by atoms with van der Waals surface area (Å²) in [5, 5.41) is 8.04. The number of nitrogens with one attached hydrogen (secondary N) is 2. The maximum Gasteiger partial charge on any atom is 0.191 e. The summed E-state index contributed by atoms with van der Waals surface area (Å²) < 4.78 is 0. The fraction of sp³-hybridized carbons (Fsp3) is 0.545. The summed E-state index contributed by atoms with van der Waals surface area (Å²) in [6.07, 6.45) is 3.56. The lowest BCUT2D eigenvalue weighted by molar-refractivity contribution is 0.251. The Balaban J connectivity index is 0.00000300. The summed E-state index contributed by atoms with van der Waals surface area (Å²) in [5.74, 6) is 0.904. The minimum absolute atomic E-state index is 0. The van der Waals surface area contributed by atoms with Crippen LogP contribution in [-0.2, 0) is 6.42 Å². The number of rotatable bonds is 8. The van der Waals surface area contributed by atoms with Crippen LogP contribution in [0.25, 0.3) is 0 Å². The van der Waals surface area contributed by atoms with Crippen molar-refractivity contribution in [1.82, 2.24) is 20.5 Å². The Hall–Kier alpha value is -1.19. The van der Waals surface area contributed by atoms with Gasteiger partial charge >= 0.3 is 0 Å². The number of likely N-dealkylation sites (tertiary alicyclic amines) is 1. The number of halogens is 1. The molecule has 0 bridgehead atoms. The number of aryl methyl sites for hydroxylation is 2. The Morgan fingerprint density at radius 2 is 1.90 bits per heavy atom. The minimum Gasteiger partial charge on any atom is -0.357 e. The summed E-state index contributed by atoms with van der Waals surface area (Å²) in [4.78, 5) is 13.4. The Kier molecular flexibility index (Phi) is 10.4. The van der Waals surface area contributed by atoms with Gasteiger partial charge < -0.3 is 10.6 Å². The van der Waals surface area contributed by atoms with Gasteiger partial charge in [-0.2, -0.15) is 0 Å². The van der Waals surface area contributed by atoms with Gasteiger partial charge in [-0.25, -0.2) is 4.98 Å². The Bertz CT molecular complexity index is 756. The molecule has 160 valence electrons. The predicted octanol–water partition coefficient (Wildman–Crippen LogP) is 4.31. The highest BCUT2D eigenvalue weighted by molar-refractivity contribution is 14.0. The molecule has 0 saturated carbocycles. The second-order valence-corrected chi connectivity index (χ2v) is 8.60. The molecular formula is C22H34IN5S. The Labute approximate surface area is 196 Å². The number of thiazole rings is 1. The maximum atomic E-state index is 4.93. The van der Waals surface area contributed by atoms with Crippen LogP contribution in [0.3, 0.4) is 0 Å². The van der Waals surface area contributed by atoms with Gasteiger partial charge in [0.25, 0.3) is 0 Å². The molecule has 2 heterocycles. The molecule has 0 spiro atoms. The Morgan fingerprint density at radius 3 is 2.52 bits per heavy atom. The maximum absolute atomic E-state index is 4.93. The zero-order valence-electron chi connectivity index (χ0n) is 17.8. The molecule has 0 aliphatic carbocycles. The van der Waals surface area contributed by atoms with E-state index in [1.54, 1.807) is 11.3 Å². The van der Waals surface area contributed by atoms with E-state index in [0.717, 1.165) is 42.7 Å². The molecular weight excluding hydrogens is 493 g/mol. The smallest absolute Gasteiger partial charge is 0.191 e. The molecule has 1 atom stereocenters. The van der Waals surface area contributed by atoms with Gasteiger partial charge in [0.05, 0.1) is 23.3 Å². The van der Waals surface area contributed by atoms with Gasteiger partial charge in [0.1, 0.15) is 0 Å². The predicted molar refractivity (Wildman–Crippen MR) is 135 cm³/mol. The number of nitrogens with zero attached hydrogens (tertiary/aromatic N) is 3. The molecule has 29 heavy (non-hydrogen) atoms. The van der Waals surface area contributed by atoms with E-state index in [-0.39, 0.29) is 24.0 Å². The van der Waals surface area contributed by atoms with E-state index in [0.29, 0.717) is 6.04 Å². The summed E-state index contributed by atoms with van der Waals surface area (Å²) in [7, 11) is 0. The fourth-order valence-corrected chi connectivity index (χ4v) is 4.72. The van der Waals surface area contributed by atoms with Gasteiger partial charge in [0.2, 0.25) is 0 Å². The van der Waals surface area contributed by atoms with Crippen molar-refractivity contribution in [3.05, 3.63) is 51.5 Å². The number of hydrogen-bond donors (Lipinski definition) is 2. The third-order valence-corrected chi connectivity index (χ3v) is 6.31. The molecule has 1 fully saturated rings. The van der Waals surface area contributed by atoms with Crippen molar-refractivity contribution in [2.45, 2.75) is 46.1 Å². The molecule has 2 aromatic rings. The number of benzene rings is 1. The lowest BCUT2D eigenvalue weighted by Gasteiger charge is -2.27. The van der Waals surface area contributed by atoms with Crippen LogP contribution in [0.15, 0.2) is 35.3 Å². The SMILES string of the molecule is CCNC(=NCC(c1ccccc1)N1CCCC1)NCCc1sc(C)nc1C.I. The lowest BCUT2D eigenvalue weighted by atomic mass is 10.1. The van der Waals surface area contributed by atoms with E-state index in [2.05, 4.69) is 71.6 Å². The average Bonchev–Trinajstić information content (AvgIpc) is 3.33. The first kappa shape index (κ1) is 24.1. The molecule has 1 saturated heterocycles. The van der Waals surface area contributed by atoms with Crippen molar-refractivity contribution in [3.8, 4) is 0 Å². The number of aliphatic imine (C=N–C) groups is 1. The summed E-state index contributed by atoms with van der Waals surface area (Å²) in [6, 6.07) is 11.2. The van der Waals surface area contributed by atoms with E-state index >= 15 is 0 Å². The van der Waals surface area contributed by atoms with Crippen molar-refractivity contribution in [2.24, 2.45) is 4.99 Å². The van der Waals surface area contributed by atoms with Crippen LogP contribution in [0.5, 0.6) is 0 Å². The highest BCUT2D eigenvalue weighted by Gasteiger charge is 2.23. The standard InChI is InChI=1S/C22H33N5S.HI/c1-4-23-22(24-13-12-21-17(2)26-18(3)28-21)25-16-20(27-14-8-9-15-27)19-10-6-5-7-11-19;/h5-7,10-11,20H,4,8-9,12-16H2,1-3H3,(H2,23,24,25);1H. The zero-order valence-corrected chi connectivity index (χ0v) is 20.9. The lowest BCUT2D eigenvalue weighted by Crippen LogP contribution is -2.39. The van der Waals surface area contributed by atoms with Gasteiger partial charge in [-0.15, -0.1) is 35.3 Å². The summed E-state index contributed by atoms with van der Waals surface area (Å²) in [6.45, 7) is 11.1. The molecule has 1 aliphatic rings. The first-order valence-corrected chi connectivity index (χ1v) is 11.2. The van der Waals surface area contributed by atoms with Crippen LogP contribution in [0.1, 0.15) is 46.9 Å². The van der Waals surface area contributed by atoms with Crippen LogP contribution in [-0.4, -0.2) is 48.6 Å². The van der Waals surface area contributed by atoms with Crippen molar-refractivity contribution in [2.75, 3.05) is 32.7 Å². The monoisotopic (exact) mass is 527 g/mol. The quantitative estimate of drug-likeness (QED) is 0.305. The third-order valence-electron chi connectivity index (χ3n) is 5.18. The van der Waals surface area contributed by atoms with Crippen molar-refractivity contribution < 1.29 is 0 Å². The minimum atomic E-state index is 0. The first-order valence-electron chi connectivity index (χ1n) is 10.4. The molecule has 7 heteroatoms. The number of guanidine groups is 1. The van der Waals surface area contributed by atoms with Crippen LogP contribution in [0, 0.1) is 13.8 Å². The topological polar surface area (TPSA) is 52.6 Å². The molecule has 5 nitrogen and oxygen atoms in total. The van der Waals surface area contributed by atoms with Crippen molar-refractivity contribution >= 4 is 41.3 Å². The zero-order chi connectivity index (χ0) is 19.8. The number of aromatic nitrogens is 1. The molecule has 1 aromatic carbocycles. The second kappa shape index (κ2) is 12.5.